The van der Waals surface area contributed by atoms with E-state index >= 15 is 0 Å². The van der Waals surface area contributed by atoms with Crippen molar-refractivity contribution in [3.05, 3.63) is 111 Å². The first-order chi connectivity index (χ1) is 16.4. The van der Waals surface area contributed by atoms with Crippen molar-refractivity contribution in [2.45, 2.75) is 13.5 Å². The number of hydrogen-bond donors (Lipinski definition) is 1. The van der Waals surface area contributed by atoms with Gasteiger partial charge in [0.05, 0.1) is 10.0 Å². The molecule has 0 radical (unpaired) electrons. The molecular formula is C28H20Cl2N2O2. The van der Waals surface area contributed by atoms with Crippen molar-refractivity contribution in [3.63, 3.8) is 0 Å². The Hall–Kier alpha value is -3.78. The Morgan fingerprint density at radius 1 is 1.00 bits per heavy atom. The van der Waals surface area contributed by atoms with E-state index in [1.165, 1.54) is 6.08 Å². The molecule has 0 spiro atoms. The number of ether oxygens (including phenoxy) is 1. The molecule has 0 aromatic heterocycles. The van der Waals surface area contributed by atoms with Gasteiger partial charge in [0.2, 0.25) is 0 Å². The van der Waals surface area contributed by atoms with E-state index in [0.717, 1.165) is 21.9 Å². The molecule has 4 aromatic rings. The summed E-state index contributed by atoms with van der Waals surface area (Å²) >= 11 is 12.9. The minimum atomic E-state index is -0.517. The molecule has 0 saturated heterocycles. The standard InChI is InChI=1S/C28H20Cl2N2O2/c1-18-6-4-10-23(12-18)32-28(33)22(16-31)13-19-14-25(29)27(26(30)15-19)34-17-21-9-5-8-20-7-2-3-11-24(20)21/h2-15H,17H2,1H3,(H,32,33)/b22-13-. The lowest BCUT2D eigenvalue weighted by atomic mass is 10.1. The number of hydrogen-bond acceptors (Lipinski definition) is 3. The number of halogens is 2. The molecule has 0 aliphatic carbocycles. The minimum absolute atomic E-state index is 0.0712. The van der Waals surface area contributed by atoms with Gasteiger partial charge in [0, 0.05) is 5.69 Å². The van der Waals surface area contributed by atoms with E-state index in [9.17, 15) is 10.1 Å². The fraction of sp³-hybridized carbons (Fsp3) is 0.0714. The number of benzene rings is 4. The van der Waals surface area contributed by atoms with Gasteiger partial charge in [0.25, 0.3) is 5.91 Å². The summed E-state index contributed by atoms with van der Waals surface area (Å²) < 4.78 is 5.96. The lowest BCUT2D eigenvalue weighted by Crippen LogP contribution is -2.13. The zero-order valence-corrected chi connectivity index (χ0v) is 19.8. The van der Waals surface area contributed by atoms with Gasteiger partial charge >= 0.3 is 0 Å². The Labute approximate surface area is 208 Å². The molecule has 0 unspecified atom stereocenters. The third kappa shape index (κ3) is 5.40. The summed E-state index contributed by atoms with van der Waals surface area (Å²) in [5.74, 6) is -0.173. The van der Waals surface area contributed by atoms with E-state index in [2.05, 4.69) is 5.32 Å². The largest absolute Gasteiger partial charge is 0.486 e. The lowest BCUT2D eigenvalue weighted by molar-refractivity contribution is -0.112. The Kier molecular flexibility index (Phi) is 7.18. The fourth-order valence-corrected chi connectivity index (χ4v) is 4.22. The first kappa shape index (κ1) is 23.4. The van der Waals surface area contributed by atoms with E-state index < -0.39 is 5.91 Å². The maximum atomic E-state index is 12.6. The molecule has 4 rings (SSSR count). The van der Waals surface area contributed by atoms with Crippen molar-refractivity contribution in [1.82, 2.24) is 0 Å². The monoisotopic (exact) mass is 486 g/mol. The molecule has 168 valence electrons. The van der Waals surface area contributed by atoms with E-state index in [1.54, 1.807) is 18.2 Å². The number of carbonyl (C=O) groups excluding carboxylic acids is 1. The topological polar surface area (TPSA) is 62.1 Å². The van der Waals surface area contributed by atoms with Crippen LogP contribution >= 0.6 is 23.2 Å². The highest BCUT2D eigenvalue weighted by Gasteiger charge is 2.14. The average Bonchev–Trinajstić information content (AvgIpc) is 2.82. The van der Waals surface area contributed by atoms with Crippen LogP contribution in [-0.4, -0.2) is 5.91 Å². The van der Waals surface area contributed by atoms with Gasteiger partial charge in [-0.3, -0.25) is 4.79 Å². The predicted molar refractivity (Wildman–Crippen MR) is 138 cm³/mol. The summed E-state index contributed by atoms with van der Waals surface area (Å²) in [5, 5.41) is 15.0. The van der Waals surface area contributed by atoms with Crippen LogP contribution < -0.4 is 10.1 Å². The summed E-state index contributed by atoms with van der Waals surface area (Å²) in [5.41, 5.74) is 3.06. The van der Waals surface area contributed by atoms with Gasteiger partial charge in [0.1, 0.15) is 18.2 Å². The van der Waals surface area contributed by atoms with Gasteiger partial charge < -0.3 is 10.1 Å². The van der Waals surface area contributed by atoms with Crippen molar-refractivity contribution in [3.8, 4) is 11.8 Å². The molecular weight excluding hydrogens is 467 g/mol. The van der Waals surface area contributed by atoms with Crippen LogP contribution in [0.4, 0.5) is 5.69 Å². The van der Waals surface area contributed by atoms with Gasteiger partial charge in [-0.15, -0.1) is 0 Å². The number of amides is 1. The number of nitrogens with zero attached hydrogens (tertiary/aromatic N) is 1. The van der Waals surface area contributed by atoms with Crippen molar-refractivity contribution < 1.29 is 9.53 Å². The number of aryl methyl sites for hydroxylation is 1. The molecule has 6 heteroatoms. The third-order valence-electron chi connectivity index (χ3n) is 5.22. The zero-order valence-electron chi connectivity index (χ0n) is 18.3. The van der Waals surface area contributed by atoms with Crippen LogP contribution in [0.25, 0.3) is 16.8 Å². The number of fused-ring (bicyclic) bond motifs is 1. The smallest absolute Gasteiger partial charge is 0.266 e. The Balaban J connectivity index is 1.53. The second-order valence-electron chi connectivity index (χ2n) is 7.73. The summed E-state index contributed by atoms with van der Waals surface area (Å²) in [6.07, 6.45) is 1.44. The molecule has 0 saturated carbocycles. The van der Waals surface area contributed by atoms with E-state index in [4.69, 9.17) is 27.9 Å². The SMILES string of the molecule is Cc1cccc(NC(=O)/C(C#N)=C\c2cc(Cl)c(OCc3cccc4ccccc34)c(Cl)c2)c1. The van der Waals surface area contributed by atoms with Crippen molar-refractivity contribution in [2.24, 2.45) is 0 Å². The maximum absolute atomic E-state index is 12.6. The highest BCUT2D eigenvalue weighted by molar-refractivity contribution is 6.37. The van der Waals surface area contributed by atoms with Crippen molar-refractivity contribution >= 4 is 51.6 Å². The summed E-state index contributed by atoms with van der Waals surface area (Å²) in [4.78, 5) is 12.6. The van der Waals surface area contributed by atoms with Crippen LogP contribution in [0.5, 0.6) is 5.75 Å². The highest BCUT2D eigenvalue weighted by atomic mass is 35.5. The maximum Gasteiger partial charge on any atom is 0.266 e. The first-order valence-corrected chi connectivity index (χ1v) is 11.3. The summed E-state index contributed by atoms with van der Waals surface area (Å²) in [6, 6.07) is 26.6. The summed E-state index contributed by atoms with van der Waals surface area (Å²) in [7, 11) is 0. The number of carbonyl (C=O) groups is 1. The zero-order chi connectivity index (χ0) is 24.1. The normalized spacial score (nSPS) is 11.2. The Morgan fingerprint density at radius 3 is 2.44 bits per heavy atom. The van der Waals surface area contributed by atoms with E-state index in [-0.39, 0.29) is 15.6 Å². The molecule has 0 bridgehead atoms. The number of rotatable bonds is 6. The van der Waals surface area contributed by atoms with Crippen LogP contribution in [0, 0.1) is 18.3 Å². The van der Waals surface area contributed by atoms with E-state index in [1.807, 2.05) is 73.7 Å². The van der Waals surface area contributed by atoms with Crippen LogP contribution in [0.15, 0.2) is 84.4 Å². The molecule has 34 heavy (non-hydrogen) atoms. The van der Waals surface area contributed by atoms with Gasteiger partial charge in [-0.1, -0.05) is 77.8 Å². The number of anilines is 1. The molecule has 0 fully saturated rings. The Morgan fingerprint density at radius 2 is 1.71 bits per heavy atom. The van der Waals surface area contributed by atoms with Gasteiger partial charge in [0.15, 0.2) is 5.75 Å². The van der Waals surface area contributed by atoms with Gasteiger partial charge in [-0.2, -0.15) is 5.26 Å². The number of nitriles is 1. The number of nitrogens with one attached hydrogen (secondary N) is 1. The Bertz CT molecular complexity index is 1430. The molecule has 0 aliphatic heterocycles. The van der Waals surface area contributed by atoms with Crippen LogP contribution in [0.3, 0.4) is 0 Å². The van der Waals surface area contributed by atoms with Crippen LogP contribution in [0.2, 0.25) is 10.0 Å². The molecule has 1 N–H and O–H groups in total. The molecule has 0 heterocycles. The molecule has 0 atom stereocenters. The van der Waals surface area contributed by atoms with Crippen LogP contribution in [-0.2, 0) is 11.4 Å². The minimum Gasteiger partial charge on any atom is -0.486 e. The van der Waals surface area contributed by atoms with Gasteiger partial charge in [-0.05, 0) is 64.7 Å². The molecule has 0 aliphatic rings. The first-order valence-electron chi connectivity index (χ1n) is 10.5. The van der Waals surface area contributed by atoms with E-state index in [0.29, 0.717) is 23.6 Å². The molecule has 4 nitrogen and oxygen atoms in total. The molecule has 4 aromatic carbocycles. The lowest BCUT2D eigenvalue weighted by Gasteiger charge is -2.13. The third-order valence-corrected chi connectivity index (χ3v) is 5.79. The summed E-state index contributed by atoms with van der Waals surface area (Å²) in [6.45, 7) is 2.21. The van der Waals surface area contributed by atoms with Gasteiger partial charge in [-0.25, -0.2) is 0 Å². The highest BCUT2D eigenvalue weighted by Crippen LogP contribution is 2.36. The second kappa shape index (κ2) is 10.4. The average molecular weight is 487 g/mol. The van der Waals surface area contributed by atoms with Crippen LogP contribution in [0.1, 0.15) is 16.7 Å². The molecule has 1 amide bonds. The van der Waals surface area contributed by atoms with Crippen molar-refractivity contribution in [1.29, 1.82) is 5.26 Å². The predicted octanol–water partition coefficient (Wildman–Crippen LogP) is 7.58. The fourth-order valence-electron chi connectivity index (χ4n) is 3.61. The van der Waals surface area contributed by atoms with Crippen molar-refractivity contribution in [2.75, 3.05) is 5.32 Å². The second-order valence-corrected chi connectivity index (χ2v) is 8.55. The quantitative estimate of drug-likeness (QED) is 0.225.